The van der Waals surface area contributed by atoms with Crippen molar-refractivity contribution in [3.05, 3.63) is 0 Å². The molecule has 0 amide bonds. The fourth-order valence-corrected chi connectivity index (χ4v) is 12.8. The Kier molecular flexibility index (Phi) is 64.6. The predicted octanol–water partition coefficient (Wildman–Crippen LogP) is 21.6. The van der Waals surface area contributed by atoms with Gasteiger partial charge in [0.05, 0.1) is 26.4 Å². The molecule has 0 spiro atoms. The largest absolute Gasteiger partial charge is 0.472 e. The molecule has 0 aromatic carbocycles. The summed E-state index contributed by atoms with van der Waals surface area (Å²) >= 11 is 0. The summed E-state index contributed by atoms with van der Waals surface area (Å²) in [7, 11) is -9.90. The third kappa shape index (κ3) is 67.0. The quantitative estimate of drug-likeness (QED) is 0.0222. The Morgan fingerprint density at radius 1 is 0.312 bits per heavy atom. The van der Waals surface area contributed by atoms with Crippen LogP contribution in [-0.4, -0.2) is 96.7 Å². The monoisotopic (exact) mass is 1370 g/mol. The third-order valence-electron chi connectivity index (χ3n) is 17.6. The smallest absolute Gasteiger partial charge is 0.462 e. The highest BCUT2D eigenvalue weighted by Gasteiger charge is 2.30. The van der Waals surface area contributed by atoms with E-state index in [4.69, 9.17) is 37.0 Å². The van der Waals surface area contributed by atoms with E-state index in [-0.39, 0.29) is 25.7 Å². The molecule has 0 aromatic heterocycles. The van der Waals surface area contributed by atoms with Gasteiger partial charge in [0.2, 0.25) is 0 Å². The first-order valence-electron chi connectivity index (χ1n) is 38.5. The summed E-state index contributed by atoms with van der Waals surface area (Å²) < 4.78 is 68.3. The van der Waals surface area contributed by atoms with Gasteiger partial charge in [-0.15, -0.1) is 0 Å². The molecule has 17 nitrogen and oxygen atoms in total. The summed E-state index contributed by atoms with van der Waals surface area (Å²) in [5.41, 5.74) is 0. The molecule has 3 unspecified atom stereocenters. The van der Waals surface area contributed by atoms with Gasteiger partial charge in [-0.25, -0.2) is 9.13 Å². The van der Waals surface area contributed by atoms with E-state index in [2.05, 4.69) is 41.5 Å². The number of phosphoric acid groups is 2. The maximum absolute atomic E-state index is 13.1. The summed E-state index contributed by atoms with van der Waals surface area (Å²) in [6.45, 7) is 9.55. The molecule has 6 atom stereocenters. The number of esters is 4. The van der Waals surface area contributed by atoms with Crippen LogP contribution in [0.2, 0.25) is 0 Å². The van der Waals surface area contributed by atoms with Crippen molar-refractivity contribution in [2.75, 3.05) is 39.6 Å². The number of carbonyl (C=O) groups is 4. The van der Waals surface area contributed by atoms with Crippen molar-refractivity contribution in [2.45, 2.75) is 400 Å². The van der Waals surface area contributed by atoms with Gasteiger partial charge in [0, 0.05) is 25.7 Å². The second kappa shape index (κ2) is 66.0. The molecule has 3 N–H and O–H groups in total. The zero-order chi connectivity index (χ0) is 68.6. The first-order valence-corrected chi connectivity index (χ1v) is 41.5. The van der Waals surface area contributed by atoms with E-state index in [9.17, 15) is 43.2 Å². The fourth-order valence-electron chi connectivity index (χ4n) is 11.3. The predicted molar refractivity (Wildman–Crippen MR) is 377 cm³/mol. The lowest BCUT2D eigenvalue weighted by molar-refractivity contribution is -0.161. The van der Waals surface area contributed by atoms with Gasteiger partial charge in [-0.2, -0.15) is 0 Å². The van der Waals surface area contributed by atoms with E-state index in [1.54, 1.807) is 0 Å². The number of aliphatic hydroxyl groups is 1. The molecule has 0 fully saturated rings. The minimum absolute atomic E-state index is 0.103. The Balaban J connectivity index is 5.15. The van der Waals surface area contributed by atoms with Gasteiger partial charge < -0.3 is 33.8 Å². The van der Waals surface area contributed by atoms with Crippen LogP contribution in [0.5, 0.6) is 0 Å². The number of hydrogen-bond acceptors (Lipinski definition) is 15. The zero-order valence-electron chi connectivity index (χ0n) is 60.6. The van der Waals surface area contributed by atoms with Crippen molar-refractivity contribution in [1.82, 2.24) is 0 Å². The molecule has 0 aliphatic heterocycles. The minimum atomic E-state index is -4.95. The number of carbonyl (C=O) groups excluding carboxylic acids is 4. The SMILES string of the molecule is CCCCCCCCCCCCCCCC(=O)OC[C@H](COP(=O)(O)OC[C@@H](O)COP(=O)(O)OC[C@@H](COC(=O)CCCCCCCCCC)OC(=O)CCCCCCCCCC(C)C)OC(=O)CCCCCCCCCCCCCCCCCCCCC(C)CC. The molecule has 0 rings (SSSR count). The van der Waals surface area contributed by atoms with Crippen molar-refractivity contribution in [1.29, 1.82) is 0 Å². The van der Waals surface area contributed by atoms with Crippen molar-refractivity contribution < 1.29 is 80.2 Å². The Labute approximate surface area is 568 Å². The molecule has 0 saturated carbocycles. The van der Waals surface area contributed by atoms with Crippen LogP contribution in [0, 0.1) is 11.8 Å². The van der Waals surface area contributed by atoms with E-state index in [1.165, 1.54) is 193 Å². The second-order valence-electron chi connectivity index (χ2n) is 27.4. The first kappa shape index (κ1) is 91.1. The second-order valence-corrected chi connectivity index (χ2v) is 30.3. The van der Waals surface area contributed by atoms with E-state index in [0.717, 1.165) is 102 Å². The van der Waals surface area contributed by atoms with Crippen LogP contribution in [0.25, 0.3) is 0 Å². The highest BCUT2D eigenvalue weighted by Crippen LogP contribution is 2.45. The Hall–Kier alpha value is -1.94. The van der Waals surface area contributed by atoms with E-state index in [0.29, 0.717) is 31.6 Å². The standard InChI is InChI=1S/C74H144O17P2/c1-7-10-12-14-16-18-19-26-30-33-39-45-51-57-72(77)85-63-69(90-73(78)58-52-46-40-34-31-28-25-23-21-20-22-24-27-29-32-37-43-49-55-67(6)9-3)64-88-92(80,81)86-60-68(75)61-87-93(82,83)89-65-70(62-84-71(76)56-50-44-38-17-15-13-11-8-2)91-74(79)59-53-47-41-35-36-42-48-54-66(4)5/h66-70,75H,7-65H2,1-6H3,(H,80,81)(H,82,83)/t67?,68-,69-,70-/m1/s1. The molecular formula is C74H144O17P2. The lowest BCUT2D eigenvalue weighted by Gasteiger charge is -2.21. The number of aliphatic hydroxyl groups excluding tert-OH is 1. The van der Waals surface area contributed by atoms with Gasteiger partial charge in [-0.3, -0.25) is 37.3 Å². The van der Waals surface area contributed by atoms with Crippen molar-refractivity contribution >= 4 is 39.5 Å². The zero-order valence-corrected chi connectivity index (χ0v) is 62.3. The highest BCUT2D eigenvalue weighted by atomic mass is 31.2. The van der Waals surface area contributed by atoms with E-state index in [1.807, 2.05) is 0 Å². The summed E-state index contributed by atoms with van der Waals surface area (Å²) in [6, 6.07) is 0. The van der Waals surface area contributed by atoms with Crippen LogP contribution in [0.15, 0.2) is 0 Å². The summed E-state index contributed by atoms with van der Waals surface area (Å²) in [5, 5.41) is 10.6. The normalized spacial score (nSPS) is 14.3. The number of ether oxygens (including phenoxy) is 4. The Morgan fingerprint density at radius 3 is 0.817 bits per heavy atom. The summed E-state index contributed by atoms with van der Waals surface area (Å²) in [5.74, 6) is -0.556. The van der Waals surface area contributed by atoms with Crippen LogP contribution in [0.1, 0.15) is 382 Å². The van der Waals surface area contributed by atoms with Gasteiger partial charge in [-0.1, -0.05) is 330 Å². The van der Waals surface area contributed by atoms with Crippen LogP contribution in [-0.2, 0) is 65.4 Å². The first-order chi connectivity index (χ1) is 44.9. The van der Waals surface area contributed by atoms with Gasteiger partial charge in [0.1, 0.15) is 19.3 Å². The highest BCUT2D eigenvalue weighted by molar-refractivity contribution is 7.47. The fraction of sp³-hybridized carbons (Fsp3) is 0.946. The van der Waals surface area contributed by atoms with Crippen LogP contribution < -0.4 is 0 Å². The number of unbranched alkanes of at least 4 members (excludes halogenated alkanes) is 42. The molecule has 552 valence electrons. The third-order valence-corrected chi connectivity index (χ3v) is 19.5. The molecule has 93 heavy (non-hydrogen) atoms. The summed E-state index contributed by atoms with van der Waals surface area (Å²) in [6.07, 6.45) is 52.9. The van der Waals surface area contributed by atoms with Crippen molar-refractivity contribution in [2.24, 2.45) is 11.8 Å². The molecule has 0 radical (unpaired) electrons. The summed E-state index contributed by atoms with van der Waals surface area (Å²) in [4.78, 5) is 72.5. The lowest BCUT2D eigenvalue weighted by atomic mass is 9.99. The van der Waals surface area contributed by atoms with Crippen molar-refractivity contribution in [3.63, 3.8) is 0 Å². The minimum Gasteiger partial charge on any atom is -0.462 e. The maximum Gasteiger partial charge on any atom is 0.472 e. The molecule has 0 aromatic rings. The molecule has 0 saturated heterocycles. The average molecular weight is 1370 g/mol. The molecule has 0 bridgehead atoms. The van der Waals surface area contributed by atoms with Gasteiger partial charge in [-0.05, 0) is 37.5 Å². The van der Waals surface area contributed by atoms with Crippen molar-refractivity contribution in [3.8, 4) is 0 Å². The topological polar surface area (TPSA) is 237 Å². The van der Waals surface area contributed by atoms with Gasteiger partial charge in [0.25, 0.3) is 0 Å². The molecule has 0 aliphatic rings. The number of rotatable bonds is 73. The maximum atomic E-state index is 13.1. The van der Waals surface area contributed by atoms with E-state index < -0.39 is 97.5 Å². The lowest BCUT2D eigenvalue weighted by Crippen LogP contribution is -2.30. The molecule has 0 aliphatic carbocycles. The Morgan fingerprint density at radius 2 is 0.548 bits per heavy atom. The molecule has 0 heterocycles. The Bertz CT molecular complexity index is 1810. The molecule has 19 heteroatoms. The number of hydrogen-bond donors (Lipinski definition) is 3. The van der Waals surface area contributed by atoms with Gasteiger partial charge >= 0.3 is 39.5 Å². The van der Waals surface area contributed by atoms with Crippen LogP contribution in [0.3, 0.4) is 0 Å². The van der Waals surface area contributed by atoms with E-state index >= 15 is 0 Å². The van der Waals surface area contributed by atoms with Crippen LogP contribution >= 0.6 is 15.6 Å². The average Bonchev–Trinajstić information content (AvgIpc) is 1.85. The van der Waals surface area contributed by atoms with Gasteiger partial charge in [0.15, 0.2) is 12.2 Å². The molecular weight excluding hydrogens is 1220 g/mol. The number of phosphoric ester groups is 2. The van der Waals surface area contributed by atoms with Crippen LogP contribution in [0.4, 0.5) is 0 Å².